The van der Waals surface area contributed by atoms with Crippen LogP contribution in [0, 0.1) is 11.8 Å². The van der Waals surface area contributed by atoms with Gasteiger partial charge in [0.1, 0.15) is 5.75 Å². The van der Waals surface area contributed by atoms with Gasteiger partial charge in [-0.2, -0.15) is 26.3 Å². The maximum absolute atomic E-state index is 13.4. The Morgan fingerprint density at radius 3 is 2.39 bits per heavy atom. The highest BCUT2D eigenvalue weighted by Gasteiger charge is 2.43. The average molecular weight is 595 g/mol. The van der Waals surface area contributed by atoms with Gasteiger partial charge < -0.3 is 15.4 Å². The van der Waals surface area contributed by atoms with E-state index < -0.39 is 35.2 Å². The summed E-state index contributed by atoms with van der Waals surface area (Å²) in [7, 11) is 1.55. The van der Waals surface area contributed by atoms with Crippen molar-refractivity contribution < 1.29 is 31.1 Å². The minimum absolute atomic E-state index is 0.0475. The number of nitrogens with zero attached hydrogens (tertiary/aromatic N) is 2. The molecule has 2 unspecified atom stereocenters. The summed E-state index contributed by atoms with van der Waals surface area (Å²) >= 11 is 5.50. The molecule has 6 rings (SSSR count). The third kappa shape index (κ3) is 6.13. The van der Waals surface area contributed by atoms with E-state index in [2.05, 4.69) is 27.1 Å². The van der Waals surface area contributed by atoms with Crippen molar-refractivity contribution >= 4 is 33.9 Å². The van der Waals surface area contributed by atoms with Gasteiger partial charge in [-0.3, -0.25) is 9.88 Å². The number of halogens is 6. The maximum Gasteiger partial charge on any atom is 0.416 e. The number of aromatic nitrogens is 1. The third-order valence-electron chi connectivity index (χ3n) is 7.99. The smallest absolute Gasteiger partial charge is 0.416 e. The quantitative estimate of drug-likeness (QED) is 0.179. The molecule has 0 saturated carbocycles. The summed E-state index contributed by atoms with van der Waals surface area (Å²) in [5, 5.41) is 6.52. The SMILES string of the molecule is C=C[C@H]1CN2CCC1C[C@@H]2[C@H](NC(=S)Nc1cc(C(F)(F)F)cc(C(F)(F)F)c1)c1ccnc2ccc(OC)cc12. The average Bonchev–Trinajstić information content (AvgIpc) is 2.94. The molecule has 41 heavy (non-hydrogen) atoms. The molecule has 3 aliphatic heterocycles. The van der Waals surface area contributed by atoms with Crippen molar-refractivity contribution in [3.05, 3.63) is 78.0 Å². The van der Waals surface area contributed by atoms with Crippen LogP contribution in [0.25, 0.3) is 10.9 Å². The van der Waals surface area contributed by atoms with Crippen LogP contribution in [0.5, 0.6) is 5.75 Å². The lowest BCUT2D eigenvalue weighted by Gasteiger charge is -2.52. The van der Waals surface area contributed by atoms with Gasteiger partial charge in [-0.05, 0) is 91.5 Å². The summed E-state index contributed by atoms with van der Waals surface area (Å²) in [4.78, 5) is 6.80. The molecule has 5 atom stereocenters. The molecule has 4 heterocycles. The second-order valence-electron chi connectivity index (χ2n) is 10.4. The normalized spacial score (nSPS) is 23.2. The van der Waals surface area contributed by atoms with Gasteiger partial charge in [-0.15, -0.1) is 6.58 Å². The van der Waals surface area contributed by atoms with Crippen molar-refractivity contribution in [2.45, 2.75) is 37.3 Å². The Kier molecular flexibility index (Phi) is 7.90. The number of nitrogens with one attached hydrogen (secondary N) is 2. The first-order valence-electron chi connectivity index (χ1n) is 13.0. The molecule has 2 N–H and O–H groups in total. The lowest BCUT2D eigenvalue weighted by Crippen LogP contribution is -2.57. The molecule has 3 fully saturated rings. The first-order chi connectivity index (χ1) is 19.4. The van der Waals surface area contributed by atoms with E-state index in [0.717, 1.165) is 36.9 Å². The molecule has 218 valence electrons. The summed E-state index contributed by atoms with van der Waals surface area (Å²) in [5.41, 5.74) is -1.71. The molecule has 3 saturated heterocycles. The molecule has 0 aliphatic carbocycles. The topological polar surface area (TPSA) is 49.4 Å². The molecule has 0 amide bonds. The number of benzene rings is 2. The van der Waals surface area contributed by atoms with Crippen molar-refractivity contribution in [3.8, 4) is 5.75 Å². The summed E-state index contributed by atoms with van der Waals surface area (Å²) in [5.74, 6) is 1.35. The number of pyridine rings is 1. The van der Waals surface area contributed by atoms with Gasteiger partial charge >= 0.3 is 12.4 Å². The van der Waals surface area contributed by atoms with Crippen molar-refractivity contribution in [1.82, 2.24) is 15.2 Å². The molecule has 2 aromatic carbocycles. The molecular weight excluding hydrogens is 566 g/mol. The summed E-state index contributed by atoms with van der Waals surface area (Å²) in [6, 6.07) is 8.15. The Bertz CT molecular complexity index is 1430. The molecule has 12 heteroatoms. The van der Waals surface area contributed by atoms with E-state index in [4.69, 9.17) is 17.0 Å². The minimum atomic E-state index is -4.97. The van der Waals surface area contributed by atoms with Crippen molar-refractivity contribution in [2.24, 2.45) is 11.8 Å². The van der Waals surface area contributed by atoms with Crippen LogP contribution in [-0.2, 0) is 12.4 Å². The molecule has 0 radical (unpaired) electrons. The van der Waals surface area contributed by atoms with E-state index >= 15 is 0 Å². The highest BCUT2D eigenvalue weighted by Crippen LogP contribution is 2.43. The second kappa shape index (κ2) is 11.1. The maximum atomic E-state index is 13.4. The number of fused-ring (bicyclic) bond motifs is 4. The summed E-state index contributed by atoms with van der Waals surface area (Å²) in [6.45, 7) is 5.63. The van der Waals surface area contributed by atoms with E-state index in [1.54, 1.807) is 19.4 Å². The highest BCUT2D eigenvalue weighted by atomic mass is 32.1. The number of ether oxygens (including phenoxy) is 1. The molecule has 1 aromatic heterocycles. The number of hydrogen-bond acceptors (Lipinski definition) is 4. The fourth-order valence-corrected chi connectivity index (χ4v) is 6.23. The van der Waals surface area contributed by atoms with Crippen LogP contribution < -0.4 is 15.4 Å². The summed E-state index contributed by atoms with van der Waals surface area (Å²) in [6.07, 6.45) is -4.48. The first kappa shape index (κ1) is 29.1. The Hall–Kier alpha value is -3.38. The molecular formula is C29H28F6N4OS. The zero-order chi connectivity index (χ0) is 29.5. The van der Waals surface area contributed by atoms with Crippen LogP contribution in [-0.4, -0.2) is 41.2 Å². The Morgan fingerprint density at radius 1 is 1.10 bits per heavy atom. The van der Waals surface area contributed by atoms with Crippen molar-refractivity contribution in [3.63, 3.8) is 0 Å². The van der Waals surface area contributed by atoms with Gasteiger partial charge in [-0.1, -0.05) is 6.08 Å². The Balaban J connectivity index is 1.51. The number of rotatable bonds is 6. The molecule has 5 nitrogen and oxygen atoms in total. The number of thiocarbonyl (C=S) groups is 1. The van der Waals surface area contributed by atoms with Gasteiger partial charge in [0, 0.05) is 29.9 Å². The van der Waals surface area contributed by atoms with Crippen molar-refractivity contribution in [2.75, 3.05) is 25.5 Å². The number of alkyl halides is 6. The Labute approximate surface area is 238 Å². The molecule has 3 aromatic rings. The van der Waals surface area contributed by atoms with Gasteiger partial charge in [0.15, 0.2) is 5.11 Å². The predicted molar refractivity (Wildman–Crippen MR) is 149 cm³/mol. The largest absolute Gasteiger partial charge is 0.497 e. The monoisotopic (exact) mass is 594 g/mol. The standard InChI is InChI=1S/C29H28F6N4OS/c1-3-16-15-39-9-7-17(16)10-25(39)26(22-6-8-36-24-5-4-21(40-2)14-23(22)24)38-27(41)37-20-12-18(28(30,31)32)11-19(13-20)29(33,34)35/h3-6,8,11-14,16-17,25-26H,1,7,9-10,15H2,2H3,(H2,37,38,41)/t16-,17?,25+,26+/m0/s1. The van der Waals surface area contributed by atoms with Crippen LogP contribution in [0.4, 0.5) is 32.0 Å². The lowest BCUT2D eigenvalue weighted by molar-refractivity contribution is -0.143. The van der Waals surface area contributed by atoms with Crippen LogP contribution in [0.1, 0.15) is 35.6 Å². The van der Waals surface area contributed by atoms with Crippen LogP contribution in [0.3, 0.4) is 0 Å². The van der Waals surface area contributed by atoms with Crippen LogP contribution >= 0.6 is 12.2 Å². The van der Waals surface area contributed by atoms with Gasteiger partial charge in [0.05, 0.1) is 29.8 Å². The van der Waals surface area contributed by atoms with E-state index in [-0.39, 0.29) is 17.2 Å². The zero-order valence-electron chi connectivity index (χ0n) is 22.0. The Morgan fingerprint density at radius 2 is 1.80 bits per heavy atom. The first-order valence-corrected chi connectivity index (χ1v) is 13.4. The number of anilines is 1. The molecule has 0 spiro atoms. The number of hydrogen-bond donors (Lipinski definition) is 2. The van der Waals surface area contributed by atoms with E-state index in [1.807, 2.05) is 24.3 Å². The van der Waals surface area contributed by atoms with Crippen LogP contribution in [0.2, 0.25) is 0 Å². The third-order valence-corrected chi connectivity index (χ3v) is 8.21. The minimum Gasteiger partial charge on any atom is -0.497 e. The number of methoxy groups -OCH3 is 1. The molecule has 2 bridgehead atoms. The van der Waals surface area contributed by atoms with Crippen LogP contribution in [0.15, 0.2) is 61.3 Å². The predicted octanol–water partition coefficient (Wildman–Crippen LogP) is 7.21. The number of piperidine rings is 3. The summed E-state index contributed by atoms with van der Waals surface area (Å²) < 4.78 is 86.0. The highest BCUT2D eigenvalue weighted by molar-refractivity contribution is 7.80. The van der Waals surface area contributed by atoms with E-state index in [1.165, 1.54) is 0 Å². The second-order valence-corrected chi connectivity index (χ2v) is 10.8. The lowest BCUT2D eigenvalue weighted by atomic mass is 9.73. The van der Waals surface area contributed by atoms with E-state index in [0.29, 0.717) is 35.2 Å². The van der Waals surface area contributed by atoms with Gasteiger partial charge in [0.25, 0.3) is 0 Å². The van der Waals surface area contributed by atoms with Gasteiger partial charge in [0.2, 0.25) is 0 Å². The van der Waals surface area contributed by atoms with E-state index in [9.17, 15) is 26.3 Å². The zero-order valence-corrected chi connectivity index (χ0v) is 22.8. The molecule has 3 aliphatic rings. The fraction of sp³-hybridized carbons (Fsp3) is 0.379. The van der Waals surface area contributed by atoms with Crippen molar-refractivity contribution in [1.29, 1.82) is 0 Å². The fourth-order valence-electron chi connectivity index (χ4n) is 5.99. The van der Waals surface area contributed by atoms with Gasteiger partial charge in [-0.25, -0.2) is 0 Å².